The van der Waals surface area contributed by atoms with E-state index < -0.39 is 16.0 Å². The Kier molecular flexibility index (Phi) is 11.7. The van der Waals surface area contributed by atoms with Crippen molar-refractivity contribution in [1.29, 1.82) is 0 Å². The second kappa shape index (κ2) is 14.2. The van der Waals surface area contributed by atoms with E-state index in [9.17, 15) is 17.8 Å². The fraction of sp³-hybridized carbons (Fsp3) is 0.321. The molecule has 1 aliphatic heterocycles. The molecule has 1 heterocycles. The number of amides is 1. The Morgan fingerprint density at radius 3 is 1.89 bits per heavy atom. The minimum absolute atomic E-state index is 0. The molecule has 1 atom stereocenters. The van der Waals surface area contributed by atoms with Gasteiger partial charge in [0.15, 0.2) is 0 Å². The van der Waals surface area contributed by atoms with Crippen molar-refractivity contribution in [1.82, 2.24) is 10.2 Å². The Balaban J connectivity index is 0.00000228. The zero-order valence-corrected chi connectivity index (χ0v) is 20.9. The van der Waals surface area contributed by atoms with Gasteiger partial charge in [0.05, 0.1) is 5.25 Å². The van der Waals surface area contributed by atoms with Crippen LogP contribution in [0.5, 0.6) is 0 Å². The molecule has 0 spiro atoms. The first-order chi connectivity index (χ1) is 16.5. The maximum Gasteiger partial charge on any atom is 0.253 e. The fourth-order valence-corrected chi connectivity index (χ4v) is 5.78. The molecular weight excluding hydrogens is 502 g/mol. The smallest absolute Gasteiger partial charge is 0.253 e. The number of carbonyl (C=O) groups excluding carboxylic acids is 1. The summed E-state index contributed by atoms with van der Waals surface area (Å²) in [5.74, 6) is -0.248. The molecule has 3 aromatic rings. The summed E-state index contributed by atoms with van der Waals surface area (Å²) in [7, 11) is -1.29. The van der Waals surface area contributed by atoms with E-state index in [4.69, 9.17) is 0 Å². The van der Waals surface area contributed by atoms with Crippen LogP contribution in [0.2, 0.25) is 0 Å². The molecular formula is C28H33ClF2N2O2S. The van der Waals surface area contributed by atoms with Crippen LogP contribution in [0.15, 0.2) is 78.9 Å². The lowest BCUT2D eigenvalue weighted by molar-refractivity contribution is 0.0706. The second-order valence-corrected chi connectivity index (χ2v) is 10.1. The molecule has 3 aromatic carbocycles. The Hall–Kier alpha value is -2.61. The predicted molar refractivity (Wildman–Crippen MR) is 145 cm³/mol. The van der Waals surface area contributed by atoms with E-state index in [2.05, 4.69) is 5.32 Å². The number of carbonyl (C=O) groups is 1. The molecule has 0 saturated carbocycles. The summed E-state index contributed by atoms with van der Waals surface area (Å²) >= 11 is 0. The number of halogens is 3. The molecule has 4 nitrogen and oxygen atoms in total. The van der Waals surface area contributed by atoms with Gasteiger partial charge in [0.25, 0.3) is 5.91 Å². The largest absolute Gasteiger partial charge is 0.339 e. The molecule has 0 aromatic heterocycles. The van der Waals surface area contributed by atoms with Crippen LogP contribution in [0.25, 0.3) is 0 Å². The molecule has 1 fully saturated rings. The lowest BCUT2D eigenvalue weighted by atomic mass is 10.0. The monoisotopic (exact) mass is 534 g/mol. The fourth-order valence-electron chi connectivity index (χ4n) is 4.30. The van der Waals surface area contributed by atoms with E-state index in [1.165, 1.54) is 24.3 Å². The molecule has 1 amide bonds. The maximum absolute atomic E-state index is 13.4. The third kappa shape index (κ3) is 7.69. The topological polar surface area (TPSA) is 49.4 Å². The molecule has 0 aliphatic carbocycles. The lowest BCUT2D eigenvalue weighted by Crippen LogP contribution is -2.45. The molecule has 0 radical (unpaired) electrons. The van der Waals surface area contributed by atoms with Gasteiger partial charge in [-0.2, -0.15) is 0 Å². The number of likely N-dealkylation sites (tertiary alicyclic amines) is 1. The molecule has 4 rings (SSSR count). The summed E-state index contributed by atoms with van der Waals surface area (Å²) in [6, 6.07) is 21.5. The summed E-state index contributed by atoms with van der Waals surface area (Å²) in [6.07, 6.45) is 1.68. The zero-order valence-electron chi connectivity index (χ0n) is 19.2. The van der Waals surface area contributed by atoms with Gasteiger partial charge in [0.1, 0.15) is 11.6 Å². The van der Waals surface area contributed by atoms with Crippen LogP contribution in [-0.4, -0.2) is 46.4 Å². The number of nitrogens with one attached hydrogen (secondary N) is 1. The van der Waals surface area contributed by atoms with E-state index in [0.29, 0.717) is 31.0 Å². The maximum atomic E-state index is 13.4. The third-order valence-electron chi connectivity index (χ3n) is 6.15. The number of hydrogen-bond acceptors (Lipinski definition) is 3. The first-order valence-corrected chi connectivity index (χ1v) is 12.9. The van der Waals surface area contributed by atoms with Crippen molar-refractivity contribution in [2.75, 3.05) is 25.4 Å². The molecule has 0 bridgehead atoms. The summed E-state index contributed by atoms with van der Waals surface area (Å²) in [4.78, 5) is 14.5. The van der Waals surface area contributed by atoms with Crippen LogP contribution in [0.1, 0.15) is 47.0 Å². The van der Waals surface area contributed by atoms with Crippen molar-refractivity contribution in [3.8, 4) is 0 Å². The molecule has 194 valence electrons. The molecule has 36 heavy (non-hydrogen) atoms. The van der Waals surface area contributed by atoms with Gasteiger partial charge in [0.2, 0.25) is 0 Å². The Labute approximate surface area is 221 Å². The molecule has 8 heteroatoms. The van der Waals surface area contributed by atoms with Crippen molar-refractivity contribution in [3.05, 3.63) is 107 Å². The minimum Gasteiger partial charge on any atom is -0.339 e. The van der Waals surface area contributed by atoms with Gasteiger partial charge in [-0.1, -0.05) is 49.9 Å². The van der Waals surface area contributed by atoms with Crippen molar-refractivity contribution in [3.63, 3.8) is 0 Å². The Morgan fingerprint density at radius 1 is 0.889 bits per heavy atom. The highest BCUT2D eigenvalue weighted by atomic mass is 35.5. The zero-order chi connectivity index (χ0) is 23.9. The highest BCUT2D eigenvalue weighted by Crippen LogP contribution is 2.29. The SMILES string of the molecule is C.Cl.O=C(c1ccccc1)N1CCC(NCCS(=O)C(c2ccc(F)cc2)c2ccc(F)cc2)CC1. The standard InChI is InChI=1S/C27H28F2N2O2S.CH4.ClH/c28-23-10-6-20(7-11-23)26(21-8-12-24(29)13-9-21)34(33)19-16-30-25-14-17-31(18-15-25)27(32)22-4-2-1-3-5-22;;/h1-13,25-26,30H,14-19H2;1H4;1H. The van der Waals surface area contributed by atoms with Gasteiger partial charge in [-0.25, -0.2) is 8.78 Å². The number of nitrogens with zero attached hydrogens (tertiary/aromatic N) is 1. The van der Waals surface area contributed by atoms with Crippen molar-refractivity contribution in [2.45, 2.75) is 31.6 Å². The van der Waals surface area contributed by atoms with Gasteiger partial charge >= 0.3 is 0 Å². The third-order valence-corrected chi connectivity index (χ3v) is 7.82. The first-order valence-electron chi connectivity index (χ1n) is 11.5. The van der Waals surface area contributed by atoms with Gasteiger partial charge in [-0.3, -0.25) is 9.00 Å². The van der Waals surface area contributed by atoms with Crippen LogP contribution >= 0.6 is 12.4 Å². The van der Waals surface area contributed by atoms with Crippen LogP contribution in [-0.2, 0) is 10.8 Å². The molecule has 1 unspecified atom stereocenters. The second-order valence-electron chi connectivity index (χ2n) is 8.45. The number of benzene rings is 3. The van der Waals surface area contributed by atoms with Crippen molar-refractivity contribution < 1.29 is 17.8 Å². The van der Waals surface area contributed by atoms with E-state index in [0.717, 1.165) is 24.0 Å². The van der Waals surface area contributed by atoms with Crippen LogP contribution in [0.4, 0.5) is 8.78 Å². The predicted octanol–water partition coefficient (Wildman–Crippen LogP) is 5.76. The average Bonchev–Trinajstić information content (AvgIpc) is 2.87. The van der Waals surface area contributed by atoms with Crippen molar-refractivity contribution in [2.24, 2.45) is 0 Å². The van der Waals surface area contributed by atoms with Gasteiger partial charge in [-0.15, -0.1) is 12.4 Å². The van der Waals surface area contributed by atoms with E-state index in [1.54, 1.807) is 24.3 Å². The molecule has 1 aliphatic rings. The quantitative estimate of drug-likeness (QED) is 0.400. The Morgan fingerprint density at radius 2 is 1.39 bits per heavy atom. The van der Waals surface area contributed by atoms with Crippen LogP contribution in [0, 0.1) is 11.6 Å². The van der Waals surface area contributed by atoms with Crippen molar-refractivity contribution >= 4 is 29.1 Å². The summed E-state index contributed by atoms with van der Waals surface area (Å²) in [5, 5.41) is 3.01. The normalized spacial score (nSPS) is 14.6. The van der Waals surface area contributed by atoms with Gasteiger partial charge in [-0.05, 0) is 60.4 Å². The molecule has 1 saturated heterocycles. The van der Waals surface area contributed by atoms with E-state index >= 15 is 0 Å². The van der Waals surface area contributed by atoms with E-state index in [-0.39, 0.29) is 43.4 Å². The average molecular weight is 535 g/mol. The summed E-state index contributed by atoms with van der Waals surface area (Å²) in [6.45, 7) is 1.92. The van der Waals surface area contributed by atoms with Crippen LogP contribution < -0.4 is 5.32 Å². The van der Waals surface area contributed by atoms with Gasteiger partial charge < -0.3 is 10.2 Å². The number of piperidine rings is 1. The number of rotatable bonds is 8. The van der Waals surface area contributed by atoms with Gasteiger partial charge in [0, 0.05) is 47.8 Å². The van der Waals surface area contributed by atoms with Crippen LogP contribution in [0.3, 0.4) is 0 Å². The minimum atomic E-state index is -1.29. The molecule has 1 N–H and O–H groups in total. The lowest BCUT2D eigenvalue weighted by Gasteiger charge is -2.32. The summed E-state index contributed by atoms with van der Waals surface area (Å²) < 4.78 is 40.1. The van der Waals surface area contributed by atoms with E-state index in [1.807, 2.05) is 35.2 Å². The first kappa shape index (κ1) is 29.6. The summed E-state index contributed by atoms with van der Waals surface area (Å²) in [5.41, 5.74) is 2.18. The highest BCUT2D eigenvalue weighted by molar-refractivity contribution is 7.85. The highest BCUT2D eigenvalue weighted by Gasteiger charge is 2.25. The number of hydrogen-bond donors (Lipinski definition) is 1. The Bertz CT molecular complexity index is 1060.